The van der Waals surface area contributed by atoms with Crippen molar-refractivity contribution in [1.29, 1.82) is 0 Å². The van der Waals surface area contributed by atoms with E-state index in [0.29, 0.717) is 11.5 Å². The lowest BCUT2D eigenvalue weighted by molar-refractivity contribution is -0.155. The van der Waals surface area contributed by atoms with Crippen LogP contribution < -0.4 is 9.47 Å². The van der Waals surface area contributed by atoms with Crippen molar-refractivity contribution in [3.63, 3.8) is 0 Å². The fraction of sp³-hybridized carbons (Fsp3) is 0.0345. The molecule has 0 amide bonds. The van der Waals surface area contributed by atoms with Gasteiger partial charge in [0.1, 0.15) is 23.0 Å². The van der Waals surface area contributed by atoms with Gasteiger partial charge in [-0.3, -0.25) is 9.59 Å². The van der Waals surface area contributed by atoms with Crippen LogP contribution in [-0.2, 0) is 15.0 Å². The number of aromatic carboxylic acids is 2. The number of carboxylic acid groups (broad SMARTS) is 4. The summed E-state index contributed by atoms with van der Waals surface area (Å²) in [6, 6.07) is 22.3. The summed E-state index contributed by atoms with van der Waals surface area (Å²) in [5.41, 5.74) is -2.35. The first kappa shape index (κ1) is 26.4. The summed E-state index contributed by atoms with van der Waals surface area (Å²) in [7, 11) is 0. The molecule has 10 heteroatoms. The van der Waals surface area contributed by atoms with Crippen molar-refractivity contribution < 1.29 is 49.1 Å². The molecular weight excluding hydrogens is 508 g/mol. The van der Waals surface area contributed by atoms with Crippen molar-refractivity contribution in [2.45, 2.75) is 5.41 Å². The standard InChI is InChI=1S/C29H20O10/c30-25(31)17-1-9-21(10-2-17)38-23-13-5-19(6-14-23)29(27(34)35,28(36)37)20-7-15-24(16-8-20)39-22-11-3-18(4-12-22)26(32)33/h1-16H,(H,30,31)(H,32,33)(H,34,35)(H,36,37). The van der Waals surface area contributed by atoms with Crippen molar-refractivity contribution in [2.75, 3.05) is 0 Å². The predicted molar refractivity (Wildman–Crippen MR) is 136 cm³/mol. The monoisotopic (exact) mass is 528 g/mol. The van der Waals surface area contributed by atoms with Gasteiger partial charge in [-0.05, 0) is 83.9 Å². The van der Waals surface area contributed by atoms with E-state index in [1.54, 1.807) is 0 Å². The normalized spacial score (nSPS) is 10.9. The molecule has 0 heterocycles. The van der Waals surface area contributed by atoms with E-state index in [-0.39, 0.29) is 33.8 Å². The molecule has 0 aliphatic carbocycles. The van der Waals surface area contributed by atoms with Crippen LogP contribution in [0.5, 0.6) is 23.0 Å². The summed E-state index contributed by atoms with van der Waals surface area (Å²) < 4.78 is 11.3. The molecule has 0 saturated heterocycles. The van der Waals surface area contributed by atoms with Crippen molar-refractivity contribution in [3.05, 3.63) is 119 Å². The van der Waals surface area contributed by atoms with E-state index in [9.17, 15) is 29.4 Å². The molecule has 10 nitrogen and oxygen atoms in total. The van der Waals surface area contributed by atoms with Crippen LogP contribution >= 0.6 is 0 Å². The van der Waals surface area contributed by atoms with Gasteiger partial charge in [0.2, 0.25) is 5.41 Å². The molecule has 0 aliphatic heterocycles. The van der Waals surface area contributed by atoms with Crippen molar-refractivity contribution in [2.24, 2.45) is 0 Å². The van der Waals surface area contributed by atoms with Crippen molar-refractivity contribution in [3.8, 4) is 23.0 Å². The highest BCUT2D eigenvalue weighted by Crippen LogP contribution is 2.36. The van der Waals surface area contributed by atoms with Gasteiger partial charge in [-0.2, -0.15) is 0 Å². The van der Waals surface area contributed by atoms with Crippen LogP contribution in [0, 0.1) is 0 Å². The second kappa shape index (κ2) is 10.8. The summed E-state index contributed by atoms with van der Waals surface area (Å²) in [4.78, 5) is 46.9. The van der Waals surface area contributed by atoms with Gasteiger partial charge in [0.15, 0.2) is 0 Å². The molecule has 4 aromatic carbocycles. The molecule has 4 aromatic rings. The lowest BCUT2D eigenvalue weighted by Gasteiger charge is -2.26. The average Bonchev–Trinajstić information content (AvgIpc) is 2.91. The summed E-state index contributed by atoms with van der Waals surface area (Å²) in [5.74, 6) is -4.14. The molecule has 0 bridgehead atoms. The Balaban J connectivity index is 1.60. The molecule has 0 radical (unpaired) electrons. The van der Waals surface area contributed by atoms with E-state index in [0.717, 1.165) is 0 Å². The minimum Gasteiger partial charge on any atom is -0.480 e. The van der Waals surface area contributed by atoms with Crippen LogP contribution in [-0.4, -0.2) is 44.3 Å². The van der Waals surface area contributed by atoms with Gasteiger partial charge in [0, 0.05) is 0 Å². The zero-order valence-corrected chi connectivity index (χ0v) is 20.0. The number of ether oxygens (including phenoxy) is 2. The first-order chi connectivity index (χ1) is 18.6. The van der Waals surface area contributed by atoms with Crippen LogP contribution in [0.2, 0.25) is 0 Å². The molecule has 0 spiro atoms. The number of benzene rings is 4. The predicted octanol–water partition coefficient (Wildman–Crippen LogP) is 5.12. The highest BCUT2D eigenvalue weighted by molar-refractivity contribution is 6.08. The third kappa shape index (κ3) is 5.39. The largest absolute Gasteiger partial charge is 0.480 e. The Hall–Kier alpha value is -5.64. The van der Waals surface area contributed by atoms with Crippen molar-refractivity contribution in [1.82, 2.24) is 0 Å². The second-order valence-corrected chi connectivity index (χ2v) is 8.27. The number of rotatable bonds is 10. The van der Waals surface area contributed by atoms with Crippen LogP contribution in [0.3, 0.4) is 0 Å². The van der Waals surface area contributed by atoms with Gasteiger partial charge in [-0.25, -0.2) is 9.59 Å². The number of hydrogen-bond acceptors (Lipinski definition) is 6. The number of carboxylic acids is 4. The Kier molecular flexibility index (Phi) is 7.30. The number of hydrogen-bond donors (Lipinski definition) is 4. The molecule has 0 aromatic heterocycles. The van der Waals surface area contributed by atoms with Crippen LogP contribution in [0.15, 0.2) is 97.1 Å². The maximum absolute atomic E-state index is 12.5. The summed E-state index contributed by atoms with van der Waals surface area (Å²) in [6.07, 6.45) is 0. The third-order valence-corrected chi connectivity index (χ3v) is 5.89. The molecule has 0 saturated carbocycles. The van der Waals surface area contributed by atoms with Crippen LogP contribution in [0.1, 0.15) is 31.8 Å². The topological polar surface area (TPSA) is 168 Å². The Bertz CT molecular complexity index is 1400. The molecule has 196 valence electrons. The van der Waals surface area contributed by atoms with Crippen LogP contribution in [0.4, 0.5) is 0 Å². The molecule has 0 fully saturated rings. The minimum atomic E-state index is -2.44. The lowest BCUT2D eigenvalue weighted by atomic mass is 9.74. The molecular formula is C29H20O10. The van der Waals surface area contributed by atoms with E-state index in [1.165, 1.54) is 97.1 Å². The molecule has 0 atom stereocenters. The second-order valence-electron chi connectivity index (χ2n) is 8.27. The molecule has 0 unspecified atom stereocenters. The molecule has 4 N–H and O–H groups in total. The number of carbonyl (C=O) groups is 4. The Labute approximate surface area is 220 Å². The van der Waals surface area contributed by atoms with E-state index in [4.69, 9.17) is 19.7 Å². The van der Waals surface area contributed by atoms with Gasteiger partial charge in [0.05, 0.1) is 11.1 Å². The fourth-order valence-corrected chi connectivity index (χ4v) is 3.90. The SMILES string of the molecule is O=C(O)c1ccc(Oc2ccc(C(C(=O)O)(C(=O)O)c3ccc(Oc4ccc(C(=O)O)cc4)cc3)cc2)cc1. The Morgan fingerprint density at radius 2 is 0.692 bits per heavy atom. The first-order valence-electron chi connectivity index (χ1n) is 11.3. The van der Waals surface area contributed by atoms with Gasteiger partial charge in [-0.1, -0.05) is 24.3 Å². The van der Waals surface area contributed by atoms with E-state index >= 15 is 0 Å². The minimum absolute atomic E-state index is 0.0333. The first-order valence-corrected chi connectivity index (χ1v) is 11.3. The Morgan fingerprint density at radius 1 is 0.436 bits per heavy atom. The quantitative estimate of drug-likeness (QED) is 0.203. The van der Waals surface area contributed by atoms with Crippen molar-refractivity contribution >= 4 is 23.9 Å². The van der Waals surface area contributed by atoms with Crippen LogP contribution in [0.25, 0.3) is 0 Å². The molecule has 0 aliphatic rings. The Morgan fingerprint density at radius 3 is 0.923 bits per heavy atom. The highest BCUT2D eigenvalue weighted by Gasteiger charge is 2.50. The maximum Gasteiger partial charge on any atom is 0.335 e. The average molecular weight is 528 g/mol. The lowest BCUT2D eigenvalue weighted by Crippen LogP contribution is -2.44. The smallest absolute Gasteiger partial charge is 0.335 e. The van der Waals surface area contributed by atoms with Gasteiger partial charge < -0.3 is 29.9 Å². The number of aliphatic carboxylic acids is 2. The highest BCUT2D eigenvalue weighted by atomic mass is 16.5. The van der Waals surface area contributed by atoms with E-state index in [2.05, 4.69) is 0 Å². The summed E-state index contributed by atoms with van der Waals surface area (Å²) in [5, 5.41) is 38.2. The molecule has 39 heavy (non-hydrogen) atoms. The zero-order valence-electron chi connectivity index (χ0n) is 20.0. The third-order valence-electron chi connectivity index (χ3n) is 5.89. The fourth-order valence-electron chi connectivity index (χ4n) is 3.90. The van der Waals surface area contributed by atoms with E-state index in [1.807, 2.05) is 0 Å². The molecule has 4 rings (SSSR count). The zero-order chi connectivity index (χ0) is 28.2. The maximum atomic E-state index is 12.5. The van der Waals surface area contributed by atoms with Gasteiger partial charge in [0.25, 0.3) is 0 Å². The van der Waals surface area contributed by atoms with Gasteiger partial charge in [-0.15, -0.1) is 0 Å². The summed E-state index contributed by atoms with van der Waals surface area (Å²) in [6.45, 7) is 0. The van der Waals surface area contributed by atoms with E-state index < -0.39 is 29.3 Å². The summed E-state index contributed by atoms with van der Waals surface area (Å²) >= 11 is 0. The van der Waals surface area contributed by atoms with Gasteiger partial charge >= 0.3 is 23.9 Å².